The Morgan fingerprint density at radius 3 is 2.52 bits per heavy atom. The Balaban J connectivity index is 1.39. The molecule has 2 aromatic carbocycles. The number of hydrogen-bond donors (Lipinski definition) is 2. The normalized spacial score (nSPS) is 13.7. The van der Waals surface area contributed by atoms with Crippen LogP contribution < -0.4 is 19.5 Å². The van der Waals surface area contributed by atoms with Gasteiger partial charge in [-0.25, -0.2) is 8.42 Å². The number of benzene rings is 2. The molecule has 1 amide bonds. The summed E-state index contributed by atoms with van der Waals surface area (Å²) in [7, 11) is -3.49. The van der Waals surface area contributed by atoms with E-state index in [1.807, 2.05) is 0 Å². The molecule has 3 rings (SSSR count). The van der Waals surface area contributed by atoms with E-state index in [1.54, 1.807) is 56.3 Å². The number of rotatable bonds is 12. The summed E-state index contributed by atoms with van der Waals surface area (Å²) in [5.41, 5.74) is 0.857. The topological polar surface area (TPSA) is 114 Å². The minimum Gasteiger partial charge on any atom is -0.491 e. The van der Waals surface area contributed by atoms with Gasteiger partial charge in [0, 0.05) is 32.1 Å². The summed E-state index contributed by atoms with van der Waals surface area (Å²) in [6.07, 6.45) is -0.192. The van der Waals surface area contributed by atoms with Crippen LogP contribution in [0.2, 0.25) is 0 Å². The monoisotopic (exact) mass is 478 g/mol. The van der Waals surface area contributed by atoms with E-state index in [2.05, 4.69) is 5.32 Å². The third kappa shape index (κ3) is 6.59. The largest absolute Gasteiger partial charge is 0.491 e. The van der Waals surface area contributed by atoms with Crippen LogP contribution in [0.25, 0.3) is 0 Å². The lowest BCUT2D eigenvalue weighted by Gasteiger charge is -2.18. The van der Waals surface area contributed by atoms with Gasteiger partial charge in [-0.2, -0.15) is 4.31 Å². The molecule has 2 aromatic rings. The molecule has 0 fully saturated rings. The zero-order valence-corrected chi connectivity index (χ0v) is 19.6. The van der Waals surface area contributed by atoms with E-state index >= 15 is 0 Å². The van der Waals surface area contributed by atoms with Crippen molar-refractivity contribution in [1.82, 2.24) is 9.62 Å². The smallest absolute Gasteiger partial charge is 0.243 e. The first kappa shape index (κ1) is 24.8. The maximum absolute atomic E-state index is 12.5. The summed E-state index contributed by atoms with van der Waals surface area (Å²) in [6, 6.07) is 11.7. The number of nitrogens with zero attached hydrogens (tertiary/aromatic N) is 1. The van der Waals surface area contributed by atoms with Gasteiger partial charge in [0.05, 0.1) is 4.90 Å². The number of nitrogens with one attached hydrogen (secondary N) is 1. The highest BCUT2D eigenvalue weighted by molar-refractivity contribution is 7.89. The molecule has 2 N–H and O–H groups in total. The molecule has 0 radical (unpaired) electrons. The van der Waals surface area contributed by atoms with Crippen LogP contribution in [0.1, 0.15) is 25.8 Å². The molecule has 1 aliphatic heterocycles. The highest BCUT2D eigenvalue weighted by Crippen LogP contribution is 2.35. The number of hydrogen-bond acceptors (Lipinski definition) is 7. The maximum Gasteiger partial charge on any atom is 0.243 e. The minimum atomic E-state index is -3.49. The van der Waals surface area contributed by atoms with Crippen molar-refractivity contribution in [3.05, 3.63) is 48.0 Å². The van der Waals surface area contributed by atoms with Gasteiger partial charge in [-0.15, -0.1) is 0 Å². The summed E-state index contributed by atoms with van der Waals surface area (Å²) in [5, 5.41) is 12.8. The number of carbonyl (C=O) groups excluding carboxylic acids is 1. The van der Waals surface area contributed by atoms with Gasteiger partial charge in [-0.3, -0.25) is 4.79 Å². The number of fused-ring (bicyclic) bond motifs is 1. The molecule has 180 valence electrons. The lowest BCUT2D eigenvalue weighted by molar-refractivity contribution is -0.121. The molecule has 33 heavy (non-hydrogen) atoms. The molecule has 1 aliphatic rings. The highest BCUT2D eigenvalue weighted by atomic mass is 32.2. The van der Waals surface area contributed by atoms with Gasteiger partial charge < -0.3 is 24.6 Å². The van der Waals surface area contributed by atoms with Crippen LogP contribution in [-0.4, -0.2) is 62.9 Å². The van der Waals surface area contributed by atoms with E-state index in [1.165, 1.54) is 4.31 Å². The number of ether oxygens (including phenoxy) is 3. The van der Waals surface area contributed by atoms with Crippen LogP contribution in [0.4, 0.5) is 0 Å². The molecule has 0 aromatic heterocycles. The fraction of sp³-hybridized carbons (Fsp3) is 0.435. The number of aliphatic hydroxyl groups is 1. The molecule has 9 nitrogen and oxygen atoms in total. The summed E-state index contributed by atoms with van der Waals surface area (Å²) >= 11 is 0. The molecule has 0 bridgehead atoms. The molecule has 1 heterocycles. The first-order valence-electron chi connectivity index (χ1n) is 10.9. The van der Waals surface area contributed by atoms with Gasteiger partial charge in [0.2, 0.25) is 22.7 Å². The third-order valence-corrected chi connectivity index (χ3v) is 7.29. The molecular weight excluding hydrogens is 448 g/mol. The fourth-order valence-electron chi connectivity index (χ4n) is 3.34. The molecule has 1 atom stereocenters. The van der Waals surface area contributed by atoms with Crippen molar-refractivity contribution in [1.29, 1.82) is 0 Å². The zero-order valence-electron chi connectivity index (χ0n) is 18.8. The molecule has 0 aliphatic carbocycles. The second kappa shape index (κ2) is 11.4. The maximum atomic E-state index is 12.5. The Bertz CT molecular complexity index is 1040. The van der Waals surface area contributed by atoms with Crippen molar-refractivity contribution in [2.75, 3.05) is 33.0 Å². The fourth-order valence-corrected chi connectivity index (χ4v) is 4.79. The van der Waals surface area contributed by atoms with Crippen molar-refractivity contribution in [3.8, 4) is 17.2 Å². The van der Waals surface area contributed by atoms with Crippen molar-refractivity contribution in [3.63, 3.8) is 0 Å². The lowest BCUT2D eigenvalue weighted by Crippen LogP contribution is -2.35. The Morgan fingerprint density at radius 2 is 1.82 bits per heavy atom. The average molecular weight is 479 g/mol. The molecule has 10 heteroatoms. The van der Waals surface area contributed by atoms with E-state index in [4.69, 9.17) is 14.2 Å². The molecule has 0 saturated carbocycles. The van der Waals surface area contributed by atoms with Crippen LogP contribution in [0.15, 0.2) is 47.4 Å². The number of carbonyl (C=O) groups is 1. The lowest BCUT2D eigenvalue weighted by atomic mass is 10.1. The Morgan fingerprint density at radius 1 is 1.12 bits per heavy atom. The SMILES string of the molecule is CCN(CC)S(=O)(=O)c1ccc(CCC(=O)NCC(O)COc2ccc3c(c2)OCO3)cc1. The van der Waals surface area contributed by atoms with E-state index < -0.39 is 16.1 Å². The van der Waals surface area contributed by atoms with Crippen LogP contribution in [0, 0.1) is 0 Å². The van der Waals surface area contributed by atoms with Crippen LogP contribution in [0.5, 0.6) is 17.2 Å². The standard InChI is InChI=1S/C23H30N2O7S/c1-3-25(4-2)33(28,29)20-9-5-17(6-10-20)7-12-23(27)24-14-18(26)15-30-19-8-11-21-22(13-19)32-16-31-21/h5-6,8-11,13,18,26H,3-4,7,12,14-16H2,1-2H3,(H,24,27). The molecule has 0 spiro atoms. The van der Waals surface area contributed by atoms with Gasteiger partial charge in [0.1, 0.15) is 18.5 Å². The van der Waals surface area contributed by atoms with E-state index in [0.717, 1.165) is 5.56 Å². The number of aliphatic hydroxyl groups excluding tert-OH is 1. The zero-order chi connectivity index (χ0) is 23.8. The quantitative estimate of drug-likeness (QED) is 0.479. The highest BCUT2D eigenvalue weighted by Gasteiger charge is 2.21. The first-order valence-corrected chi connectivity index (χ1v) is 12.3. The Labute approximate surface area is 194 Å². The summed E-state index contributed by atoms with van der Waals surface area (Å²) in [5.74, 6) is 1.57. The summed E-state index contributed by atoms with van der Waals surface area (Å²) in [6.45, 7) is 4.67. The summed E-state index contributed by atoms with van der Waals surface area (Å²) < 4.78 is 42.5. The van der Waals surface area contributed by atoms with E-state index in [-0.39, 0.29) is 37.2 Å². The average Bonchev–Trinajstić information content (AvgIpc) is 3.29. The number of amides is 1. The van der Waals surface area contributed by atoms with E-state index in [9.17, 15) is 18.3 Å². The predicted octanol–water partition coefficient (Wildman–Crippen LogP) is 1.93. The van der Waals surface area contributed by atoms with Crippen LogP contribution in [-0.2, 0) is 21.2 Å². The molecule has 1 unspecified atom stereocenters. The van der Waals surface area contributed by atoms with Gasteiger partial charge in [0.25, 0.3) is 0 Å². The van der Waals surface area contributed by atoms with Crippen molar-refractivity contribution < 1.29 is 32.5 Å². The number of sulfonamides is 1. The second-order valence-electron chi connectivity index (χ2n) is 7.52. The predicted molar refractivity (Wildman–Crippen MR) is 122 cm³/mol. The van der Waals surface area contributed by atoms with Crippen molar-refractivity contribution in [2.45, 2.75) is 37.7 Å². The first-order chi connectivity index (χ1) is 15.8. The Kier molecular flexibility index (Phi) is 8.54. The van der Waals surface area contributed by atoms with Gasteiger partial charge in [0.15, 0.2) is 11.5 Å². The van der Waals surface area contributed by atoms with Crippen molar-refractivity contribution >= 4 is 15.9 Å². The second-order valence-corrected chi connectivity index (χ2v) is 9.46. The third-order valence-electron chi connectivity index (χ3n) is 5.23. The molecular formula is C23H30N2O7S. The van der Waals surface area contributed by atoms with Gasteiger partial charge in [-0.05, 0) is 36.2 Å². The van der Waals surface area contributed by atoms with Crippen LogP contribution in [0.3, 0.4) is 0 Å². The van der Waals surface area contributed by atoms with Gasteiger partial charge >= 0.3 is 0 Å². The van der Waals surface area contributed by atoms with Gasteiger partial charge in [-0.1, -0.05) is 26.0 Å². The molecule has 0 saturated heterocycles. The summed E-state index contributed by atoms with van der Waals surface area (Å²) in [4.78, 5) is 12.4. The van der Waals surface area contributed by atoms with Crippen molar-refractivity contribution in [2.24, 2.45) is 0 Å². The van der Waals surface area contributed by atoms with E-state index in [0.29, 0.717) is 36.8 Å². The minimum absolute atomic E-state index is 0.0163. The van der Waals surface area contributed by atoms with Crippen LogP contribution >= 0.6 is 0 Å². The Hall–Kier alpha value is -2.82. The number of aryl methyl sites for hydroxylation is 1.